The first kappa shape index (κ1) is 26.2. The standard InChI is InChI=1S/C32H35FO5/c1-18-15-22(37-14-13-32(3,4)36)16-19(2)29(18)23-9-11-27(33)30-24(23)10-12-28(30)38-21-7-5-20(6-8-21)25-17-26(25)31(34)35/h5-9,11,15-16,25-26,28,36H,10,12-14,17H2,1-4H3,(H,34,35)/t25-,26+,28-/m1/s1. The number of carboxylic acids is 1. The van der Waals surface area contributed by atoms with E-state index in [1.165, 1.54) is 6.07 Å². The van der Waals surface area contributed by atoms with Gasteiger partial charge in [0.05, 0.1) is 18.1 Å². The number of carboxylic acid groups (broad SMARTS) is 1. The molecule has 0 aromatic heterocycles. The molecular weight excluding hydrogens is 483 g/mol. The fourth-order valence-corrected chi connectivity index (χ4v) is 5.67. The molecule has 0 bridgehead atoms. The Morgan fingerprint density at radius 1 is 1.05 bits per heavy atom. The van der Waals surface area contributed by atoms with Gasteiger partial charge in [-0.25, -0.2) is 4.39 Å². The average Bonchev–Trinajstić information content (AvgIpc) is 3.54. The minimum absolute atomic E-state index is 0.0681. The number of aliphatic carboxylic acids is 1. The summed E-state index contributed by atoms with van der Waals surface area (Å²) in [6, 6.07) is 15.0. The zero-order valence-electron chi connectivity index (χ0n) is 22.4. The van der Waals surface area contributed by atoms with Crippen molar-refractivity contribution in [2.45, 2.75) is 71.0 Å². The van der Waals surface area contributed by atoms with Gasteiger partial charge in [-0.15, -0.1) is 0 Å². The maximum absolute atomic E-state index is 15.2. The molecule has 0 aliphatic heterocycles. The van der Waals surface area contributed by atoms with Crippen molar-refractivity contribution >= 4 is 5.97 Å². The van der Waals surface area contributed by atoms with Gasteiger partial charge in [-0.1, -0.05) is 18.2 Å². The minimum atomic E-state index is -0.778. The molecule has 0 radical (unpaired) electrons. The Kier molecular flexibility index (Phi) is 6.95. The van der Waals surface area contributed by atoms with Crippen LogP contribution in [0, 0.1) is 25.6 Å². The fourth-order valence-electron chi connectivity index (χ4n) is 5.67. The number of hydrogen-bond acceptors (Lipinski definition) is 4. The quantitative estimate of drug-likeness (QED) is 0.322. The first-order valence-electron chi connectivity index (χ1n) is 13.3. The maximum atomic E-state index is 15.2. The van der Waals surface area contributed by atoms with Crippen LogP contribution in [0.4, 0.5) is 4.39 Å². The molecule has 0 amide bonds. The summed E-state index contributed by atoms with van der Waals surface area (Å²) in [6.07, 6.45) is 2.23. The molecule has 1 saturated carbocycles. The Hall–Kier alpha value is -3.38. The van der Waals surface area contributed by atoms with Gasteiger partial charge in [-0.3, -0.25) is 4.79 Å². The molecule has 200 valence electrons. The van der Waals surface area contributed by atoms with Crippen molar-refractivity contribution in [2.75, 3.05) is 6.61 Å². The van der Waals surface area contributed by atoms with E-state index >= 15 is 4.39 Å². The van der Waals surface area contributed by atoms with E-state index in [-0.39, 0.29) is 23.8 Å². The Morgan fingerprint density at radius 2 is 1.74 bits per heavy atom. The van der Waals surface area contributed by atoms with Crippen LogP contribution in [0.25, 0.3) is 11.1 Å². The van der Waals surface area contributed by atoms with Crippen LogP contribution >= 0.6 is 0 Å². The van der Waals surface area contributed by atoms with E-state index in [1.807, 2.05) is 56.3 Å². The number of fused-ring (bicyclic) bond motifs is 1. The number of rotatable bonds is 9. The van der Waals surface area contributed by atoms with E-state index in [0.717, 1.165) is 45.6 Å². The van der Waals surface area contributed by atoms with Gasteiger partial charge in [0, 0.05) is 12.0 Å². The van der Waals surface area contributed by atoms with Gasteiger partial charge in [0.15, 0.2) is 0 Å². The maximum Gasteiger partial charge on any atom is 0.307 e. The second-order valence-electron chi connectivity index (χ2n) is 11.3. The molecule has 6 heteroatoms. The lowest BCUT2D eigenvalue weighted by Gasteiger charge is -2.20. The lowest BCUT2D eigenvalue weighted by Crippen LogP contribution is -2.21. The van der Waals surface area contributed by atoms with E-state index in [2.05, 4.69) is 0 Å². The largest absolute Gasteiger partial charge is 0.493 e. The number of halogens is 1. The summed E-state index contributed by atoms with van der Waals surface area (Å²) in [7, 11) is 0. The van der Waals surface area contributed by atoms with Crippen molar-refractivity contribution < 1.29 is 28.9 Å². The highest BCUT2D eigenvalue weighted by atomic mass is 19.1. The van der Waals surface area contributed by atoms with Crippen molar-refractivity contribution in [3.8, 4) is 22.6 Å². The number of aliphatic hydroxyl groups is 1. The van der Waals surface area contributed by atoms with Gasteiger partial charge in [0.1, 0.15) is 23.4 Å². The van der Waals surface area contributed by atoms with Gasteiger partial charge in [0.25, 0.3) is 0 Å². The third-order valence-corrected chi connectivity index (χ3v) is 7.73. The summed E-state index contributed by atoms with van der Waals surface area (Å²) in [5, 5.41) is 19.1. The van der Waals surface area contributed by atoms with Crippen molar-refractivity contribution in [1.82, 2.24) is 0 Å². The third-order valence-electron chi connectivity index (χ3n) is 7.73. The molecule has 0 saturated heterocycles. The normalized spacial score (nSPS) is 20.2. The second-order valence-corrected chi connectivity index (χ2v) is 11.3. The zero-order chi connectivity index (χ0) is 27.2. The Balaban J connectivity index is 1.36. The molecule has 0 unspecified atom stereocenters. The summed E-state index contributed by atoms with van der Waals surface area (Å²) in [5.41, 5.74) is 6.03. The van der Waals surface area contributed by atoms with Gasteiger partial charge in [-0.05, 0) is 117 Å². The number of benzene rings is 3. The summed E-state index contributed by atoms with van der Waals surface area (Å²) < 4.78 is 27.3. The molecule has 3 aromatic carbocycles. The van der Waals surface area contributed by atoms with Crippen LogP contribution in [0.2, 0.25) is 0 Å². The highest BCUT2D eigenvalue weighted by Gasteiger charge is 2.44. The van der Waals surface area contributed by atoms with Gasteiger partial charge in [0.2, 0.25) is 0 Å². The van der Waals surface area contributed by atoms with Crippen LogP contribution in [0.5, 0.6) is 11.5 Å². The summed E-state index contributed by atoms with van der Waals surface area (Å²) in [5.74, 6) is 0.186. The lowest BCUT2D eigenvalue weighted by molar-refractivity contribution is -0.138. The molecule has 0 spiro atoms. The van der Waals surface area contributed by atoms with E-state index in [4.69, 9.17) is 9.47 Å². The molecule has 0 heterocycles. The number of aryl methyl sites for hydroxylation is 2. The van der Waals surface area contributed by atoms with Crippen molar-refractivity contribution in [3.05, 3.63) is 82.2 Å². The van der Waals surface area contributed by atoms with Crippen LogP contribution in [0.1, 0.15) is 72.9 Å². The molecule has 3 aromatic rings. The van der Waals surface area contributed by atoms with E-state index in [9.17, 15) is 15.0 Å². The summed E-state index contributed by atoms with van der Waals surface area (Å²) in [4.78, 5) is 11.2. The first-order valence-corrected chi connectivity index (χ1v) is 13.3. The molecule has 5 rings (SSSR count). The zero-order valence-corrected chi connectivity index (χ0v) is 22.4. The molecule has 38 heavy (non-hydrogen) atoms. The Morgan fingerprint density at radius 3 is 2.34 bits per heavy atom. The first-order chi connectivity index (χ1) is 18.0. The van der Waals surface area contributed by atoms with E-state index in [1.54, 1.807) is 13.8 Å². The molecule has 5 nitrogen and oxygen atoms in total. The third kappa shape index (κ3) is 5.41. The van der Waals surface area contributed by atoms with Gasteiger partial charge >= 0.3 is 5.97 Å². The lowest BCUT2D eigenvalue weighted by atomic mass is 9.90. The SMILES string of the molecule is Cc1cc(OCCC(C)(C)O)cc(C)c1-c1ccc(F)c2c1CC[C@H]2Oc1ccc([C@H]2C[C@@H]2C(=O)O)cc1. The van der Waals surface area contributed by atoms with Gasteiger partial charge in [-0.2, -0.15) is 0 Å². The number of ether oxygens (including phenoxy) is 2. The molecule has 1 fully saturated rings. The van der Waals surface area contributed by atoms with Gasteiger partial charge < -0.3 is 19.7 Å². The van der Waals surface area contributed by atoms with Crippen LogP contribution in [-0.2, 0) is 11.2 Å². The average molecular weight is 519 g/mol. The number of hydrogen-bond donors (Lipinski definition) is 2. The molecule has 2 aliphatic carbocycles. The van der Waals surface area contributed by atoms with E-state index in [0.29, 0.717) is 37.2 Å². The Labute approximate surface area is 223 Å². The van der Waals surface area contributed by atoms with Crippen LogP contribution in [0.3, 0.4) is 0 Å². The molecular formula is C32H35FO5. The van der Waals surface area contributed by atoms with E-state index < -0.39 is 11.6 Å². The van der Waals surface area contributed by atoms with Crippen LogP contribution in [-0.4, -0.2) is 28.4 Å². The van der Waals surface area contributed by atoms with Crippen LogP contribution in [0.15, 0.2) is 48.5 Å². The van der Waals surface area contributed by atoms with Crippen molar-refractivity contribution in [2.24, 2.45) is 5.92 Å². The smallest absolute Gasteiger partial charge is 0.307 e. The highest BCUT2D eigenvalue weighted by Crippen LogP contribution is 2.48. The highest BCUT2D eigenvalue weighted by molar-refractivity contribution is 5.77. The monoisotopic (exact) mass is 518 g/mol. The molecule has 2 N–H and O–H groups in total. The topological polar surface area (TPSA) is 76.0 Å². The predicted octanol–water partition coefficient (Wildman–Crippen LogP) is 6.90. The van der Waals surface area contributed by atoms with Crippen molar-refractivity contribution in [3.63, 3.8) is 0 Å². The minimum Gasteiger partial charge on any atom is -0.493 e. The molecule has 2 aliphatic rings. The summed E-state index contributed by atoms with van der Waals surface area (Å²) >= 11 is 0. The van der Waals surface area contributed by atoms with Crippen molar-refractivity contribution in [1.29, 1.82) is 0 Å². The molecule has 3 atom stereocenters. The van der Waals surface area contributed by atoms with Crippen LogP contribution < -0.4 is 9.47 Å². The fraction of sp³-hybridized carbons (Fsp3) is 0.406. The number of carbonyl (C=O) groups is 1. The predicted molar refractivity (Wildman–Crippen MR) is 144 cm³/mol. The second kappa shape index (κ2) is 10.1. The summed E-state index contributed by atoms with van der Waals surface area (Å²) in [6.45, 7) is 8.04. The Bertz CT molecular complexity index is 1330.